The lowest BCUT2D eigenvalue weighted by atomic mass is 10.2. The van der Waals surface area contributed by atoms with Crippen LogP contribution in [0, 0.1) is 6.92 Å². The van der Waals surface area contributed by atoms with Crippen molar-refractivity contribution >= 4 is 5.82 Å². The van der Waals surface area contributed by atoms with Crippen LogP contribution in [-0.2, 0) is 4.74 Å². The molecular formula is C12H19N3O2. The van der Waals surface area contributed by atoms with Gasteiger partial charge in [-0.15, -0.1) is 0 Å². The van der Waals surface area contributed by atoms with Crippen molar-refractivity contribution in [3.8, 4) is 5.88 Å². The van der Waals surface area contributed by atoms with E-state index in [1.807, 2.05) is 13.0 Å². The van der Waals surface area contributed by atoms with E-state index in [4.69, 9.17) is 9.47 Å². The number of ether oxygens (including phenoxy) is 2. The van der Waals surface area contributed by atoms with Crippen LogP contribution in [0.1, 0.15) is 25.1 Å². The quantitative estimate of drug-likeness (QED) is 0.846. The fourth-order valence-electron chi connectivity index (χ4n) is 1.97. The number of hydrogen-bond acceptors (Lipinski definition) is 5. The molecule has 5 nitrogen and oxygen atoms in total. The molecule has 0 spiro atoms. The number of rotatable bonds is 5. The van der Waals surface area contributed by atoms with Gasteiger partial charge in [-0.25, -0.2) is 4.98 Å². The van der Waals surface area contributed by atoms with Gasteiger partial charge >= 0.3 is 0 Å². The van der Waals surface area contributed by atoms with E-state index < -0.39 is 0 Å². The van der Waals surface area contributed by atoms with Crippen molar-refractivity contribution in [1.29, 1.82) is 0 Å². The molecule has 17 heavy (non-hydrogen) atoms. The number of aromatic nitrogens is 2. The molecule has 1 saturated heterocycles. The van der Waals surface area contributed by atoms with Crippen LogP contribution in [-0.4, -0.2) is 36.3 Å². The first-order chi connectivity index (χ1) is 8.28. The lowest BCUT2D eigenvalue weighted by Crippen LogP contribution is -2.13. The van der Waals surface area contributed by atoms with Crippen LogP contribution in [0.15, 0.2) is 6.07 Å². The Morgan fingerprint density at radius 1 is 1.53 bits per heavy atom. The Morgan fingerprint density at radius 2 is 2.41 bits per heavy atom. The summed E-state index contributed by atoms with van der Waals surface area (Å²) in [4.78, 5) is 8.44. The topological polar surface area (TPSA) is 56.3 Å². The summed E-state index contributed by atoms with van der Waals surface area (Å²) in [5, 5.41) is 3.28. The zero-order valence-corrected chi connectivity index (χ0v) is 10.4. The fourth-order valence-corrected chi connectivity index (χ4v) is 1.97. The van der Waals surface area contributed by atoms with Gasteiger partial charge in [-0.2, -0.15) is 4.98 Å². The predicted octanol–water partition coefficient (Wildman–Crippen LogP) is 1.77. The van der Waals surface area contributed by atoms with E-state index in [9.17, 15) is 0 Å². The zero-order valence-electron chi connectivity index (χ0n) is 10.4. The molecule has 1 N–H and O–H groups in total. The molecule has 2 heterocycles. The maximum Gasteiger partial charge on any atom is 0.218 e. The number of methoxy groups -OCH3 is 1. The monoisotopic (exact) mass is 237 g/mol. The highest BCUT2D eigenvalue weighted by Crippen LogP contribution is 2.16. The predicted molar refractivity (Wildman–Crippen MR) is 65.4 cm³/mol. The molecular weight excluding hydrogens is 218 g/mol. The Kier molecular flexibility index (Phi) is 4.14. The van der Waals surface area contributed by atoms with E-state index in [2.05, 4.69) is 15.3 Å². The molecule has 1 unspecified atom stereocenters. The molecule has 0 amide bonds. The van der Waals surface area contributed by atoms with Gasteiger partial charge in [0.25, 0.3) is 0 Å². The average molecular weight is 237 g/mol. The third kappa shape index (κ3) is 3.56. The number of aryl methyl sites for hydroxylation is 1. The van der Waals surface area contributed by atoms with Crippen LogP contribution < -0.4 is 10.1 Å². The molecule has 5 heteroatoms. The van der Waals surface area contributed by atoms with Gasteiger partial charge in [0, 0.05) is 19.2 Å². The molecule has 0 saturated carbocycles. The molecule has 94 valence electrons. The summed E-state index contributed by atoms with van der Waals surface area (Å²) in [5.74, 6) is 2.12. The molecule has 0 aromatic carbocycles. The standard InChI is InChI=1S/C12H19N3O2/c1-9-14-11(8-12(15-9)16-2)13-6-5-10-4-3-7-17-10/h8,10H,3-7H2,1-2H3,(H,13,14,15). The minimum absolute atomic E-state index is 0.410. The Hall–Kier alpha value is -1.36. The van der Waals surface area contributed by atoms with Gasteiger partial charge in [0.1, 0.15) is 11.6 Å². The van der Waals surface area contributed by atoms with E-state index in [-0.39, 0.29) is 0 Å². The molecule has 0 bridgehead atoms. The zero-order chi connectivity index (χ0) is 12.1. The van der Waals surface area contributed by atoms with Gasteiger partial charge in [0.05, 0.1) is 13.2 Å². The van der Waals surface area contributed by atoms with Crippen LogP contribution in [0.2, 0.25) is 0 Å². The number of nitrogens with zero attached hydrogens (tertiary/aromatic N) is 2. The van der Waals surface area contributed by atoms with E-state index in [1.165, 1.54) is 12.8 Å². The van der Waals surface area contributed by atoms with Crippen molar-refractivity contribution in [3.05, 3.63) is 11.9 Å². The molecule has 1 atom stereocenters. The summed E-state index contributed by atoms with van der Waals surface area (Å²) in [6.45, 7) is 3.63. The Morgan fingerprint density at radius 3 is 3.12 bits per heavy atom. The van der Waals surface area contributed by atoms with Crippen molar-refractivity contribution < 1.29 is 9.47 Å². The van der Waals surface area contributed by atoms with Gasteiger partial charge in [0.15, 0.2) is 0 Å². The van der Waals surface area contributed by atoms with Gasteiger partial charge in [-0.1, -0.05) is 0 Å². The minimum atomic E-state index is 0.410. The average Bonchev–Trinajstić information content (AvgIpc) is 2.81. The van der Waals surface area contributed by atoms with Gasteiger partial charge in [0.2, 0.25) is 5.88 Å². The number of anilines is 1. The Labute approximate surface area is 102 Å². The first kappa shape index (κ1) is 12.1. The van der Waals surface area contributed by atoms with Gasteiger partial charge in [-0.3, -0.25) is 0 Å². The summed E-state index contributed by atoms with van der Waals surface area (Å²) in [7, 11) is 1.61. The van der Waals surface area contributed by atoms with E-state index in [0.29, 0.717) is 17.8 Å². The second-order valence-corrected chi connectivity index (χ2v) is 4.19. The van der Waals surface area contributed by atoms with Crippen LogP contribution >= 0.6 is 0 Å². The first-order valence-corrected chi connectivity index (χ1v) is 6.03. The van der Waals surface area contributed by atoms with Crippen molar-refractivity contribution in [1.82, 2.24) is 9.97 Å². The maximum absolute atomic E-state index is 5.56. The molecule has 0 radical (unpaired) electrons. The molecule has 1 aliphatic rings. The van der Waals surface area contributed by atoms with Gasteiger partial charge in [-0.05, 0) is 26.2 Å². The summed E-state index contributed by atoms with van der Waals surface area (Å²) in [6.07, 6.45) is 3.79. The second-order valence-electron chi connectivity index (χ2n) is 4.19. The number of nitrogens with one attached hydrogen (secondary N) is 1. The van der Waals surface area contributed by atoms with Gasteiger partial charge < -0.3 is 14.8 Å². The van der Waals surface area contributed by atoms with E-state index >= 15 is 0 Å². The van der Waals surface area contributed by atoms with E-state index in [0.717, 1.165) is 25.4 Å². The van der Waals surface area contributed by atoms with Crippen LogP contribution in [0.4, 0.5) is 5.82 Å². The third-order valence-corrected chi connectivity index (χ3v) is 2.82. The summed E-state index contributed by atoms with van der Waals surface area (Å²) in [5.41, 5.74) is 0. The minimum Gasteiger partial charge on any atom is -0.481 e. The van der Waals surface area contributed by atoms with Crippen molar-refractivity contribution in [2.24, 2.45) is 0 Å². The molecule has 0 aliphatic carbocycles. The smallest absolute Gasteiger partial charge is 0.218 e. The first-order valence-electron chi connectivity index (χ1n) is 6.03. The fraction of sp³-hybridized carbons (Fsp3) is 0.667. The summed E-state index contributed by atoms with van der Waals surface area (Å²) >= 11 is 0. The Bertz CT molecular complexity index is 365. The van der Waals surface area contributed by atoms with Crippen LogP contribution in [0.5, 0.6) is 5.88 Å². The highest BCUT2D eigenvalue weighted by molar-refractivity contribution is 5.38. The SMILES string of the molecule is COc1cc(NCCC2CCCO2)nc(C)n1. The highest BCUT2D eigenvalue weighted by Gasteiger charge is 2.14. The Balaban J connectivity index is 1.83. The second kappa shape index (κ2) is 5.82. The van der Waals surface area contributed by atoms with Crippen LogP contribution in [0.25, 0.3) is 0 Å². The lowest BCUT2D eigenvalue weighted by Gasteiger charge is -2.11. The van der Waals surface area contributed by atoms with Crippen molar-refractivity contribution in [2.75, 3.05) is 25.6 Å². The third-order valence-electron chi connectivity index (χ3n) is 2.82. The van der Waals surface area contributed by atoms with Crippen molar-refractivity contribution in [3.63, 3.8) is 0 Å². The largest absolute Gasteiger partial charge is 0.481 e. The van der Waals surface area contributed by atoms with Crippen molar-refractivity contribution in [2.45, 2.75) is 32.3 Å². The normalized spacial score (nSPS) is 19.3. The molecule has 1 fully saturated rings. The summed E-state index contributed by atoms with van der Waals surface area (Å²) in [6, 6.07) is 1.81. The van der Waals surface area contributed by atoms with E-state index in [1.54, 1.807) is 7.11 Å². The molecule has 1 aromatic heterocycles. The molecule has 1 aromatic rings. The maximum atomic E-state index is 5.56. The number of hydrogen-bond donors (Lipinski definition) is 1. The molecule has 1 aliphatic heterocycles. The summed E-state index contributed by atoms with van der Waals surface area (Å²) < 4.78 is 10.7. The van der Waals surface area contributed by atoms with Crippen LogP contribution in [0.3, 0.4) is 0 Å². The molecule has 2 rings (SSSR count). The highest BCUT2D eigenvalue weighted by atomic mass is 16.5. The lowest BCUT2D eigenvalue weighted by molar-refractivity contribution is 0.107.